The van der Waals surface area contributed by atoms with E-state index in [0.29, 0.717) is 30.4 Å². The van der Waals surface area contributed by atoms with E-state index in [1.807, 2.05) is 6.07 Å². The Balaban J connectivity index is 1.25. The number of halogens is 1. The number of ether oxygens (including phenoxy) is 1. The van der Waals surface area contributed by atoms with Crippen LogP contribution in [-0.4, -0.2) is 49.2 Å². The molecule has 152 valence electrons. The third-order valence-electron chi connectivity index (χ3n) is 3.95. The van der Waals surface area contributed by atoms with E-state index in [9.17, 15) is 9.18 Å². The normalized spacial score (nSPS) is 10.7. The molecule has 0 fully saturated rings. The van der Waals surface area contributed by atoms with Gasteiger partial charge in [-0.05, 0) is 36.4 Å². The van der Waals surface area contributed by atoms with E-state index in [-0.39, 0.29) is 24.2 Å². The van der Waals surface area contributed by atoms with Gasteiger partial charge in [0.15, 0.2) is 12.3 Å². The van der Waals surface area contributed by atoms with Crippen LogP contribution in [0.25, 0.3) is 23.0 Å². The van der Waals surface area contributed by atoms with E-state index >= 15 is 0 Å². The predicted octanol–water partition coefficient (Wildman–Crippen LogP) is 1.72. The van der Waals surface area contributed by atoms with E-state index < -0.39 is 0 Å². The van der Waals surface area contributed by atoms with Gasteiger partial charge in [-0.1, -0.05) is 10.4 Å². The van der Waals surface area contributed by atoms with Crippen LogP contribution in [0.15, 0.2) is 59.5 Å². The van der Waals surface area contributed by atoms with Gasteiger partial charge >= 0.3 is 0 Å². The highest BCUT2D eigenvalue weighted by Crippen LogP contribution is 2.19. The van der Waals surface area contributed by atoms with Gasteiger partial charge < -0.3 is 14.6 Å². The Morgan fingerprint density at radius 2 is 2.10 bits per heavy atom. The summed E-state index contributed by atoms with van der Waals surface area (Å²) in [7, 11) is 0. The fourth-order valence-electron chi connectivity index (χ4n) is 2.49. The highest BCUT2D eigenvalue weighted by atomic mass is 19.1. The molecule has 30 heavy (non-hydrogen) atoms. The van der Waals surface area contributed by atoms with Gasteiger partial charge in [-0.25, -0.2) is 9.07 Å². The SMILES string of the molecule is O=C(COc1ccc(F)cc1)NCCn1cc(-c2nc(-c3cccnc3)no2)nn1. The van der Waals surface area contributed by atoms with E-state index in [2.05, 4.69) is 30.8 Å². The smallest absolute Gasteiger partial charge is 0.280 e. The van der Waals surface area contributed by atoms with Crippen molar-refractivity contribution in [2.24, 2.45) is 0 Å². The zero-order valence-corrected chi connectivity index (χ0v) is 15.6. The molecule has 0 aliphatic heterocycles. The molecule has 4 aromatic rings. The summed E-state index contributed by atoms with van der Waals surface area (Å²) in [5.41, 5.74) is 1.15. The molecule has 0 unspecified atom stereocenters. The number of amides is 1. The largest absolute Gasteiger partial charge is 0.484 e. The molecule has 0 atom stereocenters. The van der Waals surface area contributed by atoms with Crippen LogP contribution in [0.2, 0.25) is 0 Å². The summed E-state index contributed by atoms with van der Waals surface area (Å²) in [4.78, 5) is 20.1. The minimum absolute atomic E-state index is 0.173. The van der Waals surface area contributed by atoms with Gasteiger partial charge in [-0.2, -0.15) is 4.98 Å². The molecule has 3 aromatic heterocycles. The number of nitrogens with zero attached hydrogens (tertiary/aromatic N) is 6. The Morgan fingerprint density at radius 1 is 1.23 bits per heavy atom. The van der Waals surface area contributed by atoms with Crippen LogP contribution in [0.1, 0.15) is 0 Å². The quantitative estimate of drug-likeness (QED) is 0.467. The number of carbonyl (C=O) groups is 1. The summed E-state index contributed by atoms with van der Waals surface area (Å²) in [6, 6.07) is 9.03. The number of nitrogens with one attached hydrogen (secondary N) is 1. The first-order valence-electron chi connectivity index (χ1n) is 8.97. The number of aromatic nitrogens is 6. The Morgan fingerprint density at radius 3 is 2.90 bits per heavy atom. The van der Waals surface area contributed by atoms with E-state index in [1.54, 1.807) is 29.3 Å². The minimum Gasteiger partial charge on any atom is -0.484 e. The van der Waals surface area contributed by atoms with Gasteiger partial charge in [0.1, 0.15) is 11.6 Å². The van der Waals surface area contributed by atoms with E-state index in [4.69, 9.17) is 9.26 Å². The van der Waals surface area contributed by atoms with E-state index in [0.717, 1.165) is 5.56 Å². The molecule has 1 N–H and O–H groups in total. The molecule has 1 amide bonds. The van der Waals surface area contributed by atoms with Gasteiger partial charge in [0.25, 0.3) is 11.8 Å². The first-order chi connectivity index (χ1) is 14.7. The average molecular weight is 409 g/mol. The van der Waals surface area contributed by atoms with Crippen LogP contribution in [0.3, 0.4) is 0 Å². The monoisotopic (exact) mass is 409 g/mol. The Kier molecular flexibility index (Phi) is 5.69. The number of hydrogen-bond donors (Lipinski definition) is 1. The van der Waals surface area contributed by atoms with Crippen LogP contribution in [0, 0.1) is 5.82 Å². The summed E-state index contributed by atoms with van der Waals surface area (Å²) in [6.07, 6.45) is 4.93. The van der Waals surface area contributed by atoms with Gasteiger partial charge in [0, 0.05) is 24.5 Å². The summed E-state index contributed by atoms with van der Waals surface area (Å²) >= 11 is 0. The van der Waals surface area contributed by atoms with Crippen molar-refractivity contribution in [1.29, 1.82) is 0 Å². The van der Waals surface area contributed by atoms with Crippen LogP contribution in [0.4, 0.5) is 4.39 Å². The second-order valence-electron chi connectivity index (χ2n) is 6.12. The molecule has 1 aromatic carbocycles. The van der Waals surface area contributed by atoms with Crippen LogP contribution in [0.5, 0.6) is 5.75 Å². The fourth-order valence-corrected chi connectivity index (χ4v) is 2.49. The lowest BCUT2D eigenvalue weighted by Gasteiger charge is -2.07. The summed E-state index contributed by atoms with van der Waals surface area (Å²) in [5.74, 6) is 0.376. The van der Waals surface area contributed by atoms with Crippen molar-refractivity contribution in [3.8, 4) is 28.7 Å². The van der Waals surface area contributed by atoms with E-state index in [1.165, 1.54) is 24.3 Å². The van der Waals surface area contributed by atoms with Crippen LogP contribution in [-0.2, 0) is 11.3 Å². The van der Waals surface area contributed by atoms with Gasteiger partial charge in [0.2, 0.25) is 5.82 Å². The standard InChI is InChI=1S/C19H16FN7O3/c20-14-3-5-15(6-4-14)29-12-17(28)22-8-9-27-11-16(24-26-27)19-23-18(25-30-19)13-2-1-7-21-10-13/h1-7,10-11H,8-9,12H2,(H,22,28). The minimum atomic E-state index is -0.368. The molecule has 10 nitrogen and oxygen atoms in total. The maximum absolute atomic E-state index is 12.8. The van der Waals surface area contributed by atoms with Crippen molar-refractivity contribution in [2.75, 3.05) is 13.2 Å². The van der Waals surface area contributed by atoms with Gasteiger partial charge in [-0.15, -0.1) is 5.10 Å². The number of rotatable bonds is 8. The first kappa shape index (κ1) is 19.2. The molecule has 0 saturated heterocycles. The Labute approximate surface area is 169 Å². The number of benzene rings is 1. The lowest BCUT2D eigenvalue weighted by Crippen LogP contribution is -2.31. The third kappa shape index (κ3) is 4.82. The number of hydrogen-bond acceptors (Lipinski definition) is 8. The van der Waals surface area contributed by atoms with Gasteiger partial charge in [-0.3, -0.25) is 9.78 Å². The molecule has 4 rings (SSSR count). The predicted molar refractivity (Wildman–Crippen MR) is 101 cm³/mol. The maximum atomic E-state index is 12.8. The van der Waals surface area contributed by atoms with Crippen molar-refractivity contribution < 1.29 is 18.4 Å². The summed E-state index contributed by atoms with van der Waals surface area (Å²) in [6.45, 7) is 0.533. The maximum Gasteiger partial charge on any atom is 0.280 e. The van der Waals surface area contributed by atoms with Crippen molar-refractivity contribution >= 4 is 5.91 Å². The number of pyridine rings is 1. The van der Waals surface area contributed by atoms with Gasteiger partial charge in [0.05, 0.1) is 12.7 Å². The molecule has 0 aliphatic rings. The fraction of sp³-hybridized carbons (Fsp3) is 0.158. The first-order valence-corrected chi connectivity index (χ1v) is 8.97. The highest BCUT2D eigenvalue weighted by molar-refractivity contribution is 5.77. The zero-order chi connectivity index (χ0) is 20.8. The molecule has 11 heteroatoms. The molecule has 0 aliphatic carbocycles. The molecule has 0 radical (unpaired) electrons. The number of carbonyl (C=O) groups excluding carboxylic acids is 1. The molecular formula is C19H16FN7O3. The van der Waals surface area contributed by atoms with Crippen LogP contribution >= 0.6 is 0 Å². The topological polar surface area (TPSA) is 121 Å². The molecule has 0 bridgehead atoms. The lowest BCUT2D eigenvalue weighted by molar-refractivity contribution is -0.123. The van der Waals surface area contributed by atoms with Crippen molar-refractivity contribution in [2.45, 2.75) is 6.54 Å². The van der Waals surface area contributed by atoms with Crippen molar-refractivity contribution in [3.63, 3.8) is 0 Å². The highest BCUT2D eigenvalue weighted by Gasteiger charge is 2.14. The third-order valence-corrected chi connectivity index (χ3v) is 3.95. The molecule has 3 heterocycles. The Bertz CT molecular complexity index is 1110. The summed E-state index contributed by atoms with van der Waals surface area (Å²) in [5, 5.41) is 14.6. The molecule has 0 saturated carbocycles. The average Bonchev–Trinajstić information content (AvgIpc) is 3.44. The van der Waals surface area contributed by atoms with Crippen LogP contribution < -0.4 is 10.1 Å². The van der Waals surface area contributed by atoms with Crippen molar-refractivity contribution in [1.82, 2.24) is 35.4 Å². The second-order valence-corrected chi connectivity index (χ2v) is 6.12. The zero-order valence-electron chi connectivity index (χ0n) is 15.6. The second kappa shape index (κ2) is 8.90. The summed E-state index contributed by atoms with van der Waals surface area (Å²) < 4.78 is 24.9. The van der Waals surface area contributed by atoms with Crippen molar-refractivity contribution in [3.05, 3.63) is 60.8 Å². The Hall–Kier alpha value is -4.15. The molecule has 0 spiro atoms. The lowest BCUT2D eigenvalue weighted by atomic mass is 10.3. The molecular weight excluding hydrogens is 393 g/mol.